The van der Waals surface area contributed by atoms with Gasteiger partial charge in [0, 0.05) is 12.1 Å². The number of benzene rings is 1. The summed E-state index contributed by atoms with van der Waals surface area (Å²) >= 11 is 0. The highest BCUT2D eigenvalue weighted by atomic mass is 19.4. The first-order valence-corrected chi connectivity index (χ1v) is 8.07. The predicted octanol–water partition coefficient (Wildman–Crippen LogP) is 2.52. The van der Waals surface area contributed by atoms with Gasteiger partial charge in [-0.1, -0.05) is 0 Å². The molecule has 1 aromatic rings. The standard InChI is InChI=1S/C16H18F3N3O5/c1-9(10-2-3-10)21(8-16(17,18)19)14(23)7-27-15(24)11-4-5-12(20)13(6-11)22(25)26/h4-6,9-10H,2-3,7-8,20H2,1H3/t9-/m1/s1. The van der Waals surface area contributed by atoms with Gasteiger partial charge in [0.15, 0.2) is 6.61 Å². The van der Waals surface area contributed by atoms with E-state index in [4.69, 9.17) is 10.5 Å². The van der Waals surface area contributed by atoms with Crippen molar-refractivity contribution in [3.05, 3.63) is 33.9 Å². The van der Waals surface area contributed by atoms with Crippen LogP contribution >= 0.6 is 0 Å². The summed E-state index contributed by atoms with van der Waals surface area (Å²) in [6.45, 7) is -0.814. The molecule has 0 aliphatic heterocycles. The van der Waals surface area contributed by atoms with E-state index < -0.39 is 47.9 Å². The Morgan fingerprint density at radius 3 is 2.56 bits per heavy atom. The van der Waals surface area contributed by atoms with Crippen molar-refractivity contribution in [1.29, 1.82) is 0 Å². The number of anilines is 1. The average molecular weight is 389 g/mol. The maximum absolute atomic E-state index is 12.8. The Bertz CT molecular complexity index is 749. The Balaban J connectivity index is 2.04. The number of nitrogen functional groups attached to an aromatic ring is 1. The van der Waals surface area contributed by atoms with Gasteiger partial charge in [-0.25, -0.2) is 4.79 Å². The van der Waals surface area contributed by atoms with E-state index in [-0.39, 0.29) is 17.2 Å². The number of ether oxygens (including phenoxy) is 1. The van der Waals surface area contributed by atoms with Crippen LogP contribution in [0.25, 0.3) is 0 Å². The number of nitrogens with two attached hydrogens (primary N) is 1. The van der Waals surface area contributed by atoms with Gasteiger partial charge in [0.1, 0.15) is 12.2 Å². The van der Waals surface area contributed by atoms with Gasteiger partial charge in [-0.3, -0.25) is 14.9 Å². The van der Waals surface area contributed by atoms with Gasteiger partial charge in [-0.05, 0) is 37.8 Å². The van der Waals surface area contributed by atoms with Crippen molar-refractivity contribution in [2.24, 2.45) is 5.92 Å². The molecule has 0 bridgehead atoms. The largest absolute Gasteiger partial charge is 0.452 e. The Kier molecular flexibility index (Phi) is 5.91. The van der Waals surface area contributed by atoms with Crippen LogP contribution in [0, 0.1) is 16.0 Å². The molecule has 0 radical (unpaired) electrons. The number of nitrogens with zero attached hydrogens (tertiary/aromatic N) is 2. The smallest absolute Gasteiger partial charge is 0.406 e. The number of carbonyl (C=O) groups excluding carboxylic acids is 2. The zero-order valence-corrected chi connectivity index (χ0v) is 14.4. The molecule has 0 spiro atoms. The van der Waals surface area contributed by atoms with Gasteiger partial charge >= 0.3 is 12.1 Å². The molecule has 1 amide bonds. The molecule has 2 N–H and O–H groups in total. The maximum atomic E-state index is 12.8. The molecule has 1 atom stereocenters. The molecular weight excluding hydrogens is 371 g/mol. The van der Waals surface area contributed by atoms with E-state index >= 15 is 0 Å². The number of nitro groups is 1. The molecule has 1 aliphatic rings. The number of rotatable bonds is 7. The molecule has 1 aromatic carbocycles. The zero-order chi connectivity index (χ0) is 20.4. The molecule has 1 saturated carbocycles. The monoisotopic (exact) mass is 389 g/mol. The fraction of sp³-hybridized carbons (Fsp3) is 0.500. The van der Waals surface area contributed by atoms with E-state index in [9.17, 15) is 32.9 Å². The molecule has 1 fully saturated rings. The third kappa shape index (κ3) is 5.56. The highest BCUT2D eigenvalue weighted by Gasteiger charge is 2.40. The minimum atomic E-state index is -4.58. The molecule has 27 heavy (non-hydrogen) atoms. The first-order valence-electron chi connectivity index (χ1n) is 8.07. The summed E-state index contributed by atoms with van der Waals surface area (Å²) in [5.74, 6) is -2.06. The summed E-state index contributed by atoms with van der Waals surface area (Å²) in [4.78, 5) is 34.9. The number of carbonyl (C=O) groups is 2. The number of hydrogen-bond acceptors (Lipinski definition) is 6. The second-order valence-electron chi connectivity index (χ2n) is 6.32. The van der Waals surface area contributed by atoms with Crippen LogP contribution in [0.15, 0.2) is 18.2 Å². The number of esters is 1. The first-order chi connectivity index (χ1) is 12.5. The third-order valence-corrected chi connectivity index (χ3v) is 4.26. The first kappa shape index (κ1) is 20.5. The topological polar surface area (TPSA) is 116 Å². The van der Waals surface area contributed by atoms with Crippen LogP contribution in [-0.2, 0) is 9.53 Å². The van der Waals surface area contributed by atoms with Crippen LogP contribution in [-0.4, -0.2) is 47.1 Å². The van der Waals surface area contributed by atoms with Gasteiger partial charge in [-0.15, -0.1) is 0 Å². The predicted molar refractivity (Wildman–Crippen MR) is 87.7 cm³/mol. The van der Waals surface area contributed by atoms with Crippen LogP contribution in [0.5, 0.6) is 0 Å². The van der Waals surface area contributed by atoms with Crippen molar-refractivity contribution >= 4 is 23.3 Å². The van der Waals surface area contributed by atoms with Crippen molar-refractivity contribution in [1.82, 2.24) is 4.90 Å². The highest BCUT2D eigenvalue weighted by molar-refractivity contribution is 5.92. The molecule has 0 saturated heterocycles. The number of nitro benzene ring substituents is 1. The molecule has 0 unspecified atom stereocenters. The van der Waals surface area contributed by atoms with Gasteiger partial charge in [0.25, 0.3) is 11.6 Å². The van der Waals surface area contributed by atoms with Crippen molar-refractivity contribution in [2.75, 3.05) is 18.9 Å². The Labute approximate surface area is 152 Å². The second kappa shape index (κ2) is 7.80. The Hall–Kier alpha value is -2.85. The van der Waals surface area contributed by atoms with Crippen molar-refractivity contribution < 1.29 is 32.4 Å². The summed E-state index contributed by atoms with van der Waals surface area (Å²) in [7, 11) is 0. The van der Waals surface area contributed by atoms with Gasteiger partial charge in [0.2, 0.25) is 0 Å². The van der Waals surface area contributed by atoms with Crippen LogP contribution in [0.3, 0.4) is 0 Å². The van der Waals surface area contributed by atoms with E-state index in [1.807, 2.05) is 0 Å². The maximum Gasteiger partial charge on any atom is 0.406 e. The normalized spacial score (nSPS) is 15.1. The number of hydrogen-bond donors (Lipinski definition) is 1. The Morgan fingerprint density at radius 2 is 2.04 bits per heavy atom. The lowest BCUT2D eigenvalue weighted by Gasteiger charge is -2.30. The van der Waals surface area contributed by atoms with Gasteiger partial charge in [-0.2, -0.15) is 13.2 Å². The van der Waals surface area contributed by atoms with E-state index in [0.717, 1.165) is 31.0 Å². The van der Waals surface area contributed by atoms with Crippen LogP contribution in [0.4, 0.5) is 24.5 Å². The molecule has 11 heteroatoms. The van der Waals surface area contributed by atoms with E-state index in [0.29, 0.717) is 4.90 Å². The minimum absolute atomic E-state index is 0.00764. The van der Waals surface area contributed by atoms with Gasteiger partial charge < -0.3 is 15.4 Å². The summed E-state index contributed by atoms with van der Waals surface area (Å²) in [5, 5.41) is 10.8. The van der Waals surface area contributed by atoms with E-state index in [1.54, 1.807) is 0 Å². The molecular formula is C16H18F3N3O5. The SMILES string of the molecule is C[C@H](C1CC1)N(CC(F)(F)F)C(=O)COC(=O)c1ccc(N)c([N+](=O)[O-])c1. The van der Waals surface area contributed by atoms with Crippen molar-refractivity contribution in [3.8, 4) is 0 Å². The molecule has 148 valence electrons. The number of amides is 1. The zero-order valence-electron chi connectivity index (χ0n) is 14.4. The lowest BCUT2D eigenvalue weighted by Crippen LogP contribution is -2.47. The lowest BCUT2D eigenvalue weighted by atomic mass is 10.1. The number of alkyl halides is 3. The van der Waals surface area contributed by atoms with Crippen molar-refractivity contribution in [2.45, 2.75) is 32.0 Å². The van der Waals surface area contributed by atoms with E-state index in [2.05, 4.69) is 0 Å². The van der Waals surface area contributed by atoms with Crippen LogP contribution in [0.2, 0.25) is 0 Å². The summed E-state index contributed by atoms with van der Waals surface area (Å²) in [5.41, 5.74) is 4.50. The average Bonchev–Trinajstić information content (AvgIpc) is 3.41. The second-order valence-corrected chi connectivity index (χ2v) is 6.32. The van der Waals surface area contributed by atoms with Gasteiger partial charge in [0.05, 0.1) is 10.5 Å². The Morgan fingerprint density at radius 1 is 1.41 bits per heavy atom. The minimum Gasteiger partial charge on any atom is -0.452 e. The number of halogens is 3. The van der Waals surface area contributed by atoms with Crippen molar-refractivity contribution in [3.63, 3.8) is 0 Å². The fourth-order valence-corrected chi connectivity index (χ4v) is 2.61. The summed E-state index contributed by atoms with van der Waals surface area (Å²) < 4.78 is 43.0. The summed E-state index contributed by atoms with van der Waals surface area (Å²) in [6.07, 6.45) is -3.12. The molecule has 2 rings (SSSR count). The van der Waals surface area contributed by atoms with E-state index in [1.165, 1.54) is 6.92 Å². The molecule has 8 nitrogen and oxygen atoms in total. The highest BCUT2D eigenvalue weighted by Crippen LogP contribution is 2.36. The molecule has 0 heterocycles. The fourth-order valence-electron chi connectivity index (χ4n) is 2.61. The van der Waals surface area contributed by atoms with Crippen LogP contribution in [0.1, 0.15) is 30.1 Å². The molecule has 1 aliphatic carbocycles. The molecule has 0 aromatic heterocycles. The quantitative estimate of drug-likeness (QED) is 0.332. The third-order valence-electron chi connectivity index (χ3n) is 4.26. The lowest BCUT2D eigenvalue weighted by molar-refractivity contribution is -0.383. The van der Waals surface area contributed by atoms with Crippen LogP contribution < -0.4 is 5.73 Å². The summed E-state index contributed by atoms with van der Waals surface area (Å²) in [6, 6.07) is 2.54.